The van der Waals surface area contributed by atoms with E-state index < -0.39 is 6.10 Å². The molecule has 0 saturated carbocycles. The van der Waals surface area contributed by atoms with E-state index in [0.717, 1.165) is 0 Å². The summed E-state index contributed by atoms with van der Waals surface area (Å²) in [5.41, 5.74) is 1.57. The lowest BCUT2D eigenvalue weighted by molar-refractivity contribution is 0.156. The van der Waals surface area contributed by atoms with Crippen molar-refractivity contribution >= 4 is 17.5 Å². The highest BCUT2D eigenvalue weighted by atomic mass is 32.2. The van der Waals surface area contributed by atoms with Gasteiger partial charge in [-0.1, -0.05) is 12.5 Å². The molecule has 0 aliphatic rings. The number of nitrogens with zero attached hydrogens (tertiary/aromatic N) is 1. The number of aliphatic imine (C=N–C) groups is 1. The second-order valence-electron chi connectivity index (χ2n) is 5.59. The van der Waals surface area contributed by atoms with Crippen LogP contribution in [0.3, 0.4) is 0 Å². The van der Waals surface area contributed by atoms with Crippen LogP contribution >= 0.6 is 11.8 Å². The molecule has 0 aliphatic heterocycles. The van der Waals surface area contributed by atoms with Crippen molar-refractivity contribution in [2.24, 2.45) is 4.99 Å². The predicted molar refractivity (Wildman–Crippen MR) is 102 cm³/mol. The molecule has 2 atom stereocenters. The number of nitrogens with one attached hydrogen (secondary N) is 1. The summed E-state index contributed by atoms with van der Waals surface area (Å²) in [6, 6.07) is 4.83. The summed E-state index contributed by atoms with van der Waals surface area (Å²) < 4.78 is 14.3. The van der Waals surface area contributed by atoms with Gasteiger partial charge >= 0.3 is 0 Å². The van der Waals surface area contributed by atoms with Gasteiger partial charge < -0.3 is 10.4 Å². The normalized spacial score (nSPS) is 15.0. The highest BCUT2D eigenvalue weighted by molar-refractivity contribution is 7.99. The lowest BCUT2D eigenvalue weighted by Crippen LogP contribution is -2.39. The van der Waals surface area contributed by atoms with Crippen LogP contribution in [0, 0.1) is 17.7 Å². The highest BCUT2D eigenvalue weighted by Crippen LogP contribution is 2.26. The minimum Gasteiger partial charge on any atom is -0.393 e. The van der Waals surface area contributed by atoms with E-state index >= 15 is 0 Å². The number of thioether (sulfide) groups is 1. The van der Waals surface area contributed by atoms with Gasteiger partial charge in [0.25, 0.3) is 0 Å². The van der Waals surface area contributed by atoms with Crippen LogP contribution in [-0.2, 0) is 0 Å². The predicted octanol–water partition coefficient (Wildman–Crippen LogP) is 3.57. The molecule has 0 amide bonds. The largest absolute Gasteiger partial charge is 0.393 e. The number of aliphatic hydroxyl groups excluding tert-OH is 1. The number of hydrogen-bond acceptors (Lipinski definition) is 4. The fourth-order valence-electron chi connectivity index (χ4n) is 2.45. The second-order valence-corrected chi connectivity index (χ2v) is 6.89. The molecule has 2 unspecified atom stereocenters. The summed E-state index contributed by atoms with van der Waals surface area (Å²) in [6.45, 7) is 7.37. The van der Waals surface area contributed by atoms with E-state index in [-0.39, 0.29) is 17.1 Å². The average molecular weight is 348 g/mol. The van der Waals surface area contributed by atoms with Crippen molar-refractivity contribution in [1.29, 1.82) is 0 Å². The molecule has 0 spiro atoms. The second kappa shape index (κ2) is 9.51. The van der Waals surface area contributed by atoms with Crippen LogP contribution in [0.2, 0.25) is 0 Å². The van der Waals surface area contributed by atoms with E-state index in [4.69, 9.17) is 0 Å². The minimum absolute atomic E-state index is 0.279. The van der Waals surface area contributed by atoms with Crippen molar-refractivity contribution in [3.8, 4) is 11.8 Å². The van der Waals surface area contributed by atoms with E-state index in [0.29, 0.717) is 23.3 Å². The van der Waals surface area contributed by atoms with Gasteiger partial charge in [0.15, 0.2) is 0 Å². The molecule has 0 heterocycles. The summed E-state index contributed by atoms with van der Waals surface area (Å²) >= 11 is 1.59. The number of hydrogen-bond donors (Lipinski definition) is 2. The third kappa shape index (κ3) is 5.70. The van der Waals surface area contributed by atoms with Crippen molar-refractivity contribution in [3.05, 3.63) is 47.9 Å². The monoisotopic (exact) mass is 348 g/mol. The van der Waals surface area contributed by atoms with Crippen molar-refractivity contribution < 1.29 is 9.50 Å². The first-order valence-corrected chi connectivity index (χ1v) is 8.91. The summed E-state index contributed by atoms with van der Waals surface area (Å²) in [7, 11) is 1.61. The van der Waals surface area contributed by atoms with Gasteiger partial charge in [0.1, 0.15) is 5.82 Å². The smallest absolute Gasteiger partial charge is 0.133 e. The molecule has 1 aromatic carbocycles. The third-order valence-corrected chi connectivity index (χ3v) is 4.92. The van der Waals surface area contributed by atoms with Gasteiger partial charge in [-0.2, -0.15) is 0 Å². The van der Waals surface area contributed by atoms with Crippen LogP contribution < -0.4 is 5.32 Å². The van der Waals surface area contributed by atoms with Gasteiger partial charge in [-0.15, -0.1) is 17.7 Å². The van der Waals surface area contributed by atoms with Gasteiger partial charge in [0.05, 0.1) is 11.0 Å². The lowest BCUT2D eigenvalue weighted by atomic mass is 9.98. The number of aliphatic hydroxyl groups is 1. The van der Waals surface area contributed by atoms with Crippen molar-refractivity contribution in [2.45, 2.75) is 37.7 Å². The lowest BCUT2D eigenvalue weighted by Gasteiger charge is -2.30. The summed E-state index contributed by atoms with van der Waals surface area (Å²) in [4.78, 5) is 3.84. The summed E-state index contributed by atoms with van der Waals surface area (Å²) in [5, 5.41) is 13.6. The first-order chi connectivity index (χ1) is 11.4. The van der Waals surface area contributed by atoms with Crippen LogP contribution in [0.1, 0.15) is 37.8 Å². The Morgan fingerprint density at radius 3 is 2.79 bits per heavy atom. The van der Waals surface area contributed by atoms with Crippen LogP contribution in [-0.4, -0.2) is 35.1 Å². The van der Waals surface area contributed by atoms with E-state index in [2.05, 4.69) is 28.7 Å². The molecule has 0 bridgehead atoms. The maximum atomic E-state index is 14.3. The molecule has 0 radical (unpaired) electrons. The standard InChI is InChI=1S/C19H25FN2OS/c1-6-8-14-9-10-16(17(20)11-14)18(21-4)12-15(23)13-19(3,24-5)22-7-2/h7,9-11,15,22-23H,2,12-13H2,1,3-5H3. The van der Waals surface area contributed by atoms with Crippen LogP contribution in [0.15, 0.2) is 36.0 Å². The van der Waals surface area contributed by atoms with Gasteiger partial charge in [-0.05, 0) is 44.5 Å². The summed E-state index contributed by atoms with van der Waals surface area (Å²) in [5.74, 6) is 5.20. The molecule has 3 nitrogen and oxygen atoms in total. The van der Waals surface area contributed by atoms with E-state index in [1.165, 1.54) is 6.07 Å². The molecule has 5 heteroatoms. The fourth-order valence-corrected chi connectivity index (χ4v) is 3.02. The zero-order valence-electron chi connectivity index (χ0n) is 14.7. The molecule has 0 saturated heterocycles. The average Bonchev–Trinajstić information content (AvgIpc) is 2.53. The van der Waals surface area contributed by atoms with Gasteiger partial charge in [-0.25, -0.2) is 4.39 Å². The van der Waals surface area contributed by atoms with Crippen LogP contribution in [0.4, 0.5) is 4.39 Å². The first kappa shape index (κ1) is 20.3. The zero-order valence-corrected chi connectivity index (χ0v) is 15.5. The molecule has 0 aliphatic carbocycles. The molecule has 0 fully saturated rings. The molecular weight excluding hydrogens is 323 g/mol. The maximum absolute atomic E-state index is 14.3. The highest BCUT2D eigenvalue weighted by Gasteiger charge is 2.26. The number of rotatable bonds is 8. The molecule has 130 valence electrons. The number of halogens is 1. The van der Waals surface area contributed by atoms with Crippen molar-refractivity contribution in [2.75, 3.05) is 13.3 Å². The Bertz CT molecular complexity index is 663. The van der Waals surface area contributed by atoms with Crippen molar-refractivity contribution in [3.63, 3.8) is 0 Å². The first-order valence-electron chi connectivity index (χ1n) is 7.69. The Hall–Kier alpha value is -1.77. The number of benzene rings is 1. The Balaban J connectivity index is 2.91. The van der Waals surface area contributed by atoms with Crippen molar-refractivity contribution in [1.82, 2.24) is 5.32 Å². The van der Waals surface area contributed by atoms with E-state index in [1.807, 2.05) is 13.2 Å². The Kier molecular flexibility index (Phi) is 8.03. The van der Waals surface area contributed by atoms with Gasteiger partial charge in [0.2, 0.25) is 0 Å². The maximum Gasteiger partial charge on any atom is 0.133 e. The molecule has 24 heavy (non-hydrogen) atoms. The SMILES string of the molecule is C=CNC(C)(CC(O)CC(=NC)c1ccc(C#CC)cc1F)SC. The molecular formula is C19H25FN2OS. The van der Waals surface area contributed by atoms with Crippen LogP contribution in [0.25, 0.3) is 0 Å². The Labute approximate surface area is 148 Å². The summed E-state index contributed by atoms with van der Waals surface area (Å²) in [6.07, 6.45) is 3.70. The van der Waals surface area contributed by atoms with Crippen LogP contribution in [0.5, 0.6) is 0 Å². The zero-order chi connectivity index (χ0) is 18.2. The molecule has 1 aromatic rings. The van der Waals surface area contributed by atoms with E-state index in [9.17, 15) is 9.50 Å². The molecule has 0 aromatic heterocycles. The van der Waals surface area contributed by atoms with E-state index in [1.54, 1.807) is 44.1 Å². The Morgan fingerprint density at radius 1 is 1.58 bits per heavy atom. The van der Waals surface area contributed by atoms with Gasteiger partial charge in [-0.3, -0.25) is 4.99 Å². The third-order valence-electron chi connectivity index (χ3n) is 3.73. The molecule has 1 rings (SSSR count). The minimum atomic E-state index is -0.650. The topological polar surface area (TPSA) is 44.6 Å². The quantitative estimate of drug-likeness (QED) is 0.429. The molecule has 2 N–H and O–H groups in total. The van der Waals surface area contributed by atoms with Gasteiger partial charge in [0, 0.05) is 36.7 Å². The fraction of sp³-hybridized carbons (Fsp3) is 0.421. The Morgan fingerprint density at radius 2 is 2.29 bits per heavy atom.